The smallest absolute Gasteiger partial charge is 0.188 e. The summed E-state index contributed by atoms with van der Waals surface area (Å²) in [4.78, 5) is 0. The van der Waals surface area contributed by atoms with Crippen LogP contribution in [0, 0.1) is 0 Å². The molecular formula is C10H13NO2S2. The Kier molecular flexibility index (Phi) is 2.95. The predicted molar refractivity (Wildman–Crippen MR) is 61.9 cm³/mol. The summed E-state index contributed by atoms with van der Waals surface area (Å²) in [5.74, 6) is 0.245. The molecule has 2 rings (SSSR count). The zero-order valence-electron chi connectivity index (χ0n) is 8.27. The number of fused-ring (bicyclic) bond motifs is 1. The number of hydrogen-bond donors (Lipinski definition) is 1. The molecule has 0 saturated carbocycles. The summed E-state index contributed by atoms with van der Waals surface area (Å²) in [6.07, 6.45) is 2.44. The van der Waals surface area contributed by atoms with E-state index in [1.807, 2.05) is 11.4 Å². The molecular weight excluding hydrogens is 230 g/mol. The predicted octanol–water partition coefficient (Wildman–Crippen LogP) is 1.74. The van der Waals surface area contributed by atoms with E-state index >= 15 is 0 Å². The lowest BCUT2D eigenvalue weighted by atomic mass is 10.1. The van der Waals surface area contributed by atoms with E-state index in [4.69, 9.17) is 0 Å². The minimum Gasteiger partial charge on any atom is -0.306 e. The van der Waals surface area contributed by atoms with Gasteiger partial charge in [0.1, 0.15) is 4.21 Å². The Bertz CT molecular complexity index is 462. The number of nitrogens with one attached hydrogen (secondary N) is 1. The van der Waals surface area contributed by atoms with Crippen LogP contribution in [0.4, 0.5) is 0 Å². The summed E-state index contributed by atoms with van der Waals surface area (Å²) >= 11 is 1.32. The SMILES string of the molecule is C=CCNC1CCS(=O)(=O)c2sccc21. The Morgan fingerprint density at radius 2 is 2.47 bits per heavy atom. The Morgan fingerprint density at radius 1 is 1.67 bits per heavy atom. The molecule has 1 N–H and O–H groups in total. The zero-order valence-corrected chi connectivity index (χ0v) is 9.90. The molecule has 0 saturated heterocycles. The summed E-state index contributed by atoms with van der Waals surface area (Å²) in [6.45, 7) is 4.35. The topological polar surface area (TPSA) is 46.2 Å². The van der Waals surface area contributed by atoms with Crippen molar-refractivity contribution in [2.45, 2.75) is 16.7 Å². The van der Waals surface area contributed by atoms with Gasteiger partial charge in [0.25, 0.3) is 0 Å². The first kappa shape index (κ1) is 10.9. The van der Waals surface area contributed by atoms with Gasteiger partial charge in [-0.05, 0) is 23.4 Å². The van der Waals surface area contributed by atoms with Gasteiger partial charge in [-0.1, -0.05) is 6.08 Å². The van der Waals surface area contributed by atoms with Gasteiger partial charge in [0.15, 0.2) is 9.84 Å². The molecule has 15 heavy (non-hydrogen) atoms. The van der Waals surface area contributed by atoms with Crippen molar-refractivity contribution in [3.05, 3.63) is 29.7 Å². The van der Waals surface area contributed by atoms with Crippen molar-refractivity contribution in [1.82, 2.24) is 5.32 Å². The van der Waals surface area contributed by atoms with Gasteiger partial charge >= 0.3 is 0 Å². The maximum Gasteiger partial charge on any atom is 0.188 e. The second kappa shape index (κ2) is 4.08. The first-order valence-corrected chi connectivity index (χ1v) is 7.33. The highest BCUT2D eigenvalue weighted by atomic mass is 32.2. The zero-order chi connectivity index (χ0) is 10.9. The second-order valence-corrected chi connectivity index (χ2v) is 6.74. The van der Waals surface area contributed by atoms with Crippen LogP contribution >= 0.6 is 11.3 Å². The van der Waals surface area contributed by atoms with Crippen LogP contribution in [0.15, 0.2) is 28.3 Å². The van der Waals surface area contributed by atoms with Gasteiger partial charge in [0, 0.05) is 12.6 Å². The summed E-state index contributed by atoms with van der Waals surface area (Å²) < 4.78 is 24.0. The van der Waals surface area contributed by atoms with Gasteiger partial charge < -0.3 is 5.32 Å². The molecule has 2 heterocycles. The van der Waals surface area contributed by atoms with Gasteiger partial charge in [0.05, 0.1) is 5.75 Å². The molecule has 1 aromatic heterocycles. The molecule has 0 aliphatic carbocycles. The number of sulfone groups is 1. The van der Waals surface area contributed by atoms with Crippen LogP contribution in [-0.4, -0.2) is 20.7 Å². The van der Waals surface area contributed by atoms with E-state index in [2.05, 4.69) is 11.9 Å². The molecule has 0 amide bonds. The fourth-order valence-electron chi connectivity index (χ4n) is 1.78. The Labute approximate surface area is 93.7 Å². The van der Waals surface area contributed by atoms with Crippen molar-refractivity contribution < 1.29 is 8.42 Å². The molecule has 1 unspecified atom stereocenters. The van der Waals surface area contributed by atoms with Crippen molar-refractivity contribution in [1.29, 1.82) is 0 Å². The molecule has 82 valence electrons. The van der Waals surface area contributed by atoms with E-state index in [0.29, 0.717) is 17.2 Å². The van der Waals surface area contributed by atoms with Crippen molar-refractivity contribution in [3.8, 4) is 0 Å². The van der Waals surface area contributed by atoms with Crippen molar-refractivity contribution >= 4 is 21.2 Å². The van der Waals surface area contributed by atoms with Crippen LogP contribution in [0.3, 0.4) is 0 Å². The third-order valence-corrected chi connectivity index (χ3v) is 5.85. The third-order valence-electron chi connectivity index (χ3n) is 2.50. The van der Waals surface area contributed by atoms with E-state index in [1.165, 1.54) is 11.3 Å². The Balaban J connectivity index is 2.32. The van der Waals surface area contributed by atoms with Crippen LogP contribution in [0.2, 0.25) is 0 Å². The largest absolute Gasteiger partial charge is 0.306 e. The van der Waals surface area contributed by atoms with Crippen LogP contribution in [-0.2, 0) is 9.84 Å². The van der Waals surface area contributed by atoms with Gasteiger partial charge in [0.2, 0.25) is 0 Å². The maximum absolute atomic E-state index is 11.7. The Morgan fingerprint density at radius 3 is 3.20 bits per heavy atom. The monoisotopic (exact) mass is 243 g/mol. The molecule has 5 heteroatoms. The lowest BCUT2D eigenvalue weighted by molar-refractivity contribution is 0.519. The summed E-state index contributed by atoms with van der Waals surface area (Å²) in [5.41, 5.74) is 0.924. The average Bonchev–Trinajstić information content (AvgIpc) is 2.67. The summed E-state index contributed by atoms with van der Waals surface area (Å²) in [5, 5.41) is 5.12. The molecule has 1 aromatic rings. The maximum atomic E-state index is 11.7. The average molecular weight is 243 g/mol. The number of hydrogen-bond acceptors (Lipinski definition) is 4. The first-order valence-electron chi connectivity index (χ1n) is 4.79. The van der Waals surface area contributed by atoms with Crippen molar-refractivity contribution in [3.63, 3.8) is 0 Å². The van der Waals surface area contributed by atoms with Crippen LogP contribution in [0.1, 0.15) is 18.0 Å². The normalized spacial score (nSPS) is 23.3. The number of rotatable bonds is 3. The molecule has 1 aliphatic rings. The molecule has 0 fully saturated rings. The highest BCUT2D eigenvalue weighted by Gasteiger charge is 2.30. The van der Waals surface area contributed by atoms with Gasteiger partial charge in [-0.2, -0.15) is 0 Å². The highest BCUT2D eigenvalue weighted by Crippen LogP contribution is 2.35. The van der Waals surface area contributed by atoms with Gasteiger partial charge in [-0.25, -0.2) is 8.42 Å². The third kappa shape index (κ3) is 2.00. The van der Waals surface area contributed by atoms with E-state index in [0.717, 1.165) is 5.56 Å². The minimum atomic E-state index is -3.00. The van der Waals surface area contributed by atoms with E-state index in [9.17, 15) is 8.42 Å². The molecule has 0 spiro atoms. The van der Waals surface area contributed by atoms with E-state index < -0.39 is 9.84 Å². The van der Waals surface area contributed by atoms with E-state index in [-0.39, 0.29) is 11.8 Å². The fourth-order valence-corrected chi connectivity index (χ4v) is 4.76. The van der Waals surface area contributed by atoms with E-state index in [1.54, 1.807) is 6.08 Å². The molecule has 1 atom stereocenters. The molecule has 1 aliphatic heterocycles. The summed E-state index contributed by atoms with van der Waals surface area (Å²) in [6, 6.07) is 2.06. The Hall–Kier alpha value is -0.650. The lowest BCUT2D eigenvalue weighted by Crippen LogP contribution is -2.28. The molecule has 0 radical (unpaired) electrons. The van der Waals surface area contributed by atoms with Gasteiger partial charge in [-0.15, -0.1) is 17.9 Å². The van der Waals surface area contributed by atoms with Crippen LogP contribution in [0.5, 0.6) is 0 Å². The lowest BCUT2D eigenvalue weighted by Gasteiger charge is -2.23. The molecule has 3 nitrogen and oxygen atoms in total. The number of thiophene rings is 1. The molecule has 0 bridgehead atoms. The molecule has 0 aromatic carbocycles. The quantitative estimate of drug-likeness (QED) is 0.823. The second-order valence-electron chi connectivity index (χ2n) is 3.52. The van der Waals surface area contributed by atoms with Gasteiger partial charge in [-0.3, -0.25) is 0 Å². The fraction of sp³-hybridized carbons (Fsp3) is 0.400. The van der Waals surface area contributed by atoms with Crippen molar-refractivity contribution in [2.75, 3.05) is 12.3 Å². The van der Waals surface area contributed by atoms with Crippen LogP contribution in [0.25, 0.3) is 0 Å². The summed E-state index contributed by atoms with van der Waals surface area (Å²) in [7, 11) is -3.00. The highest BCUT2D eigenvalue weighted by molar-refractivity contribution is 7.93. The standard InChI is InChI=1S/C10H13NO2S2/c1-2-5-11-9-4-7-15(12,13)10-8(9)3-6-14-10/h2-3,6,9,11H,1,4-5,7H2. The minimum absolute atomic E-state index is 0.160. The van der Waals surface area contributed by atoms with Crippen LogP contribution < -0.4 is 5.32 Å². The van der Waals surface area contributed by atoms with Crippen molar-refractivity contribution in [2.24, 2.45) is 0 Å². The first-order chi connectivity index (χ1) is 7.15.